The van der Waals surface area contributed by atoms with Crippen LogP contribution in [0.25, 0.3) is 0 Å². The Morgan fingerprint density at radius 1 is 1.36 bits per heavy atom. The normalized spacial score (nSPS) is 20.6. The van der Waals surface area contributed by atoms with Crippen LogP contribution in [-0.2, 0) is 19.6 Å². The summed E-state index contributed by atoms with van der Waals surface area (Å²) in [5.74, 6) is -0.105. The topological polar surface area (TPSA) is 75.7 Å². The third-order valence-electron chi connectivity index (χ3n) is 3.81. The van der Waals surface area contributed by atoms with Crippen molar-refractivity contribution in [1.29, 1.82) is 0 Å². The number of methoxy groups -OCH3 is 1. The molecule has 122 valence electrons. The number of hydrogen-bond acceptors (Lipinski definition) is 4. The van der Waals surface area contributed by atoms with E-state index in [1.807, 2.05) is 0 Å². The molecule has 1 fully saturated rings. The number of hydrogen-bond donors (Lipinski definition) is 1. The van der Waals surface area contributed by atoms with Gasteiger partial charge in [0.15, 0.2) is 0 Å². The van der Waals surface area contributed by atoms with E-state index < -0.39 is 16.1 Å². The molecule has 22 heavy (non-hydrogen) atoms. The molecular formula is C15H22N2O4S. The first-order valence-electron chi connectivity index (χ1n) is 7.33. The van der Waals surface area contributed by atoms with Crippen LogP contribution in [0.3, 0.4) is 0 Å². The van der Waals surface area contributed by atoms with Crippen molar-refractivity contribution in [2.75, 3.05) is 20.2 Å². The maximum atomic E-state index is 12.3. The molecule has 0 bridgehead atoms. The summed E-state index contributed by atoms with van der Waals surface area (Å²) in [4.78, 5) is 14.0. The lowest BCUT2D eigenvalue weighted by Gasteiger charge is -2.34. The van der Waals surface area contributed by atoms with Gasteiger partial charge in [-0.3, -0.25) is 4.79 Å². The van der Waals surface area contributed by atoms with Gasteiger partial charge < -0.3 is 9.64 Å². The number of nitrogens with one attached hydrogen (secondary N) is 1. The second-order valence-electron chi connectivity index (χ2n) is 5.44. The van der Waals surface area contributed by atoms with Crippen molar-refractivity contribution < 1.29 is 17.9 Å². The number of likely N-dealkylation sites (tertiary alicyclic amines) is 1. The molecule has 0 saturated carbocycles. The van der Waals surface area contributed by atoms with E-state index in [1.54, 1.807) is 42.2 Å². The van der Waals surface area contributed by atoms with Gasteiger partial charge in [-0.15, -0.1) is 0 Å². The van der Waals surface area contributed by atoms with Crippen molar-refractivity contribution in [3.05, 3.63) is 30.3 Å². The van der Waals surface area contributed by atoms with Crippen LogP contribution in [0.4, 0.5) is 0 Å². The summed E-state index contributed by atoms with van der Waals surface area (Å²) in [5, 5.41) is 0. The average molecular weight is 326 g/mol. The Kier molecular flexibility index (Phi) is 5.55. The second kappa shape index (κ2) is 7.21. The molecule has 1 heterocycles. The fourth-order valence-electron chi connectivity index (χ4n) is 2.52. The molecule has 1 aliphatic heterocycles. The largest absolute Gasteiger partial charge is 0.372 e. The highest BCUT2D eigenvalue weighted by atomic mass is 32.2. The van der Waals surface area contributed by atoms with Crippen LogP contribution < -0.4 is 4.72 Å². The van der Waals surface area contributed by atoms with Crippen molar-refractivity contribution in [3.63, 3.8) is 0 Å². The molecule has 1 saturated heterocycles. The number of ether oxygens (including phenoxy) is 1. The van der Waals surface area contributed by atoms with Gasteiger partial charge >= 0.3 is 0 Å². The first-order valence-corrected chi connectivity index (χ1v) is 8.81. The SMILES string of the molecule is CO[C@@H](C)C(=O)N1CCC[C@@H](NS(=O)(=O)c2ccccc2)C1. The van der Waals surface area contributed by atoms with E-state index in [2.05, 4.69) is 4.72 Å². The van der Waals surface area contributed by atoms with Crippen molar-refractivity contribution in [2.24, 2.45) is 0 Å². The average Bonchev–Trinajstić information content (AvgIpc) is 2.54. The summed E-state index contributed by atoms with van der Waals surface area (Å²) in [6, 6.07) is 7.98. The first kappa shape index (κ1) is 16.9. The van der Waals surface area contributed by atoms with Crippen LogP contribution in [0.5, 0.6) is 0 Å². The van der Waals surface area contributed by atoms with Crippen LogP contribution in [0.15, 0.2) is 35.2 Å². The Balaban J connectivity index is 2.03. The van der Waals surface area contributed by atoms with Crippen molar-refractivity contribution in [2.45, 2.75) is 36.8 Å². The minimum atomic E-state index is -3.55. The van der Waals surface area contributed by atoms with E-state index in [-0.39, 0.29) is 16.8 Å². The lowest BCUT2D eigenvalue weighted by Crippen LogP contribution is -2.51. The maximum absolute atomic E-state index is 12.3. The molecule has 1 aliphatic rings. The highest BCUT2D eigenvalue weighted by molar-refractivity contribution is 7.89. The predicted octanol–water partition coefficient (Wildman–Crippen LogP) is 0.991. The van der Waals surface area contributed by atoms with Gasteiger partial charge in [-0.05, 0) is 31.9 Å². The summed E-state index contributed by atoms with van der Waals surface area (Å²) in [6.45, 7) is 2.70. The zero-order valence-electron chi connectivity index (χ0n) is 12.9. The Morgan fingerprint density at radius 3 is 2.68 bits per heavy atom. The Morgan fingerprint density at radius 2 is 2.05 bits per heavy atom. The summed E-state index contributed by atoms with van der Waals surface area (Å²) in [6.07, 6.45) is 0.978. The third-order valence-corrected chi connectivity index (χ3v) is 5.35. The number of rotatable bonds is 5. The maximum Gasteiger partial charge on any atom is 0.251 e. The molecule has 0 unspecified atom stereocenters. The standard InChI is InChI=1S/C15H22N2O4S/c1-12(21-2)15(18)17-10-6-7-13(11-17)16-22(19,20)14-8-4-3-5-9-14/h3-5,8-9,12-13,16H,6-7,10-11H2,1-2H3/t12-,13+/m0/s1. The van der Waals surface area contributed by atoms with Crippen LogP contribution in [0.1, 0.15) is 19.8 Å². The minimum Gasteiger partial charge on any atom is -0.372 e. The van der Waals surface area contributed by atoms with Gasteiger partial charge in [-0.25, -0.2) is 13.1 Å². The third kappa shape index (κ3) is 4.06. The molecule has 7 heteroatoms. The van der Waals surface area contributed by atoms with Gasteiger partial charge in [0, 0.05) is 26.2 Å². The molecule has 0 spiro atoms. The van der Waals surface area contributed by atoms with E-state index in [4.69, 9.17) is 4.74 Å². The highest BCUT2D eigenvalue weighted by Gasteiger charge is 2.29. The van der Waals surface area contributed by atoms with Crippen molar-refractivity contribution in [1.82, 2.24) is 9.62 Å². The zero-order valence-corrected chi connectivity index (χ0v) is 13.7. The molecule has 1 N–H and O–H groups in total. The predicted molar refractivity (Wildman–Crippen MR) is 82.8 cm³/mol. The Bertz CT molecular complexity index is 603. The highest BCUT2D eigenvalue weighted by Crippen LogP contribution is 2.15. The van der Waals surface area contributed by atoms with E-state index in [1.165, 1.54) is 7.11 Å². The molecule has 0 aliphatic carbocycles. The first-order chi connectivity index (χ1) is 10.4. The smallest absolute Gasteiger partial charge is 0.251 e. The lowest BCUT2D eigenvalue weighted by atomic mass is 10.1. The van der Waals surface area contributed by atoms with Gasteiger partial charge in [0.25, 0.3) is 5.91 Å². The molecule has 6 nitrogen and oxygen atoms in total. The summed E-state index contributed by atoms with van der Waals surface area (Å²) in [5.41, 5.74) is 0. The van der Waals surface area contributed by atoms with Gasteiger partial charge in [0.1, 0.15) is 6.10 Å². The van der Waals surface area contributed by atoms with Gasteiger partial charge in [0.05, 0.1) is 4.90 Å². The van der Waals surface area contributed by atoms with Crippen molar-refractivity contribution >= 4 is 15.9 Å². The molecule has 1 amide bonds. The van der Waals surface area contributed by atoms with Gasteiger partial charge in [0.2, 0.25) is 10.0 Å². The fourth-order valence-corrected chi connectivity index (χ4v) is 3.80. The Labute approximate surface area is 131 Å². The summed E-state index contributed by atoms with van der Waals surface area (Å²) < 4.78 is 32.4. The van der Waals surface area contributed by atoms with Crippen LogP contribution >= 0.6 is 0 Å². The molecule has 1 aromatic rings. The zero-order chi connectivity index (χ0) is 16.2. The number of sulfonamides is 1. The number of carbonyl (C=O) groups excluding carboxylic acids is 1. The monoisotopic (exact) mass is 326 g/mol. The fraction of sp³-hybridized carbons (Fsp3) is 0.533. The van der Waals surface area contributed by atoms with Crippen LogP contribution in [0, 0.1) is 0 Å². The number of amides is 1. The minimum absolute atomic E-state index is 0.105. The van der Waals surface area contributed by atoms with E-state index >= 15 is 0 Å². The molecule has 2 rings (SSSR count). The lowest BCUT2D eigenvalue weighted by molar-refractivity contribution is -0.142. The summed E-state index contributed by atoms with van der Waals surface area (Å²) >= 11 is 0. The number of nitrogens with zero attached hydrogens (tertiary/aromatic N) is 1. The number of benzene rings is 1. The van der Waals surface area contributed by atoms with E-state index in [0.29, 0.717) is 13.1 Å². The van der Waals surface area contributed by atoms with Crippen LogP contribution in [-0.4, -0.2) is 51.6 Å². The van der Waals surface area contributed by atoms with E-state index in [9.17, 15) is 13.2 Å². The Hall–Kier alpha value is -1.44. The summed E-state index contributed by atoms with van der Waals surface area (Å²) in [7, 11) is -2.07. The van der Waals surface area contributed by atoms with E-state index in [0.717, 1.165) is 12.8 Å². The van der Waals surface area contributed by atoms with Gasteiger partial charge in [-0.2, -0.15) is 0 Å². The number of carbonyl (C=O) groups is 1. The molecule has 1 aromatic carbocycles. The number of piperidine rings is 1. The molecule has 2 atom stereocenters. The van der Waals surface area contributed by atoms with Gasteiger partial charge in [-0.1, -0.05) is 18.2 Å². The second-order valence-corrected chi connectivity index (χ2v) is 7.15. The van der Waals surface area contributed by atoms with Crippen molar-refractivity contribution in [3.8, 4) is 0 Å². The molecule has 0 radical (unpaired) electrons. The molecular weight excluding hydrogens is 304 g/mol. The molecule has 0 aromatic heterocycles. The quantitative estimate of drug-likeness (QED) is 0.875. The van der Waals surface area contributed by atoms with Crippen LogP contribution in [0.2, 0.25) is 0 Å².